The molecule has 19 heavy (non-hydrogen) atoms. The second kappa shape index (κ2) is 7.82. The quantitative estimate of drug-likeness (QED) is 0.664. The van der Waals surface area contributed by atoms with Crippen LogP contribution in [0.4, 0.5) is 0 Å². The first kappa shape index (κ1) is 16.4. The molecule has 5 heteroatoms. The lowest BCUT2D eigenvalue weighted by atomic mass is 10.1. The lowest BCUT2D eigenvalue weighted by Gasteiger charge is -2.27. The van der Waals surface area contributed by atoms with E-state index < -0.39 is 0 Å². The minimum Gasteiger partial charge on any atom is -0.368 e. The molecule has 0 radical (unpaired) electrons. The van der Waals surface area contributed by atoms with Crippen molar-refractivity contribution in [2.45, 2.75) is 51.2 Å². The zero-order valence-electron chi connectivity index (χ0n) is 12.9. The Hall–Kier alpha value is -0.650. The Morgan fingerprint density at radius 1 is 1.53 bits per heavy atom. The van der Waals surface area contributed by atoms with Crippen molar-refractivity contribution >= 4 is 5.91 Å². The Labute approximate surface area is 117 Å². The molecular formula is C14H30N4O. The number of hydrogen-bond donors (Lipinski definition) is 2. The van der Waals surface area contributed by atoms with E-state index in [0.717, 1.165) is 19.5 Å². The Morgan fingerprint density at radius 3 is 2.68 bits per heavy atom. The molecule has 5 nitrogen and oxygen atoms in total. The summed E-state index contributed by atoms with van der Waals surface area (Å²) in [5, 5.41) is 3.23. The maximum absolute atomic E-state index is 11.4. The molecule has 2 unspecified atom stereocenters. The molecular weight excluding hydrogens is 240 g/mol. The molecule has 0 spiro atoms. The summed E-state index contributed by atoms with van der Waals surface area (Å²) >= 11 is 0. The van der Waals surface area contributed by atoms with Crippen molar-refractivity contribution in [1.82, 2.24) is 15.1 Å². The predicted molar refractivity (Wildman–Crippen MR) is 79.0 cm³/mol. The van der Waals surface area contributed by atoms with Gasteiger partial charge in [-0.2, -0.15) is 0 Å². The number of nitrogens with two attached hydrogens (primary N) is 1. The van der Waals surface area contributed by atoms with Gasteiger partial charge in [-0.15, -0.1) is 0 Å². The SMILES string of the molecule is CC(C)NC(CCN(C)CC1CCCN1C)C(N)=O. The van der Waals surface area contributed by atoms with Crippen LogP contribution in [-0.4, -0.2) is 67.6 Å². The number of nitrogens with zero attached hydrogens (tertiary/aromatic N) is 2. The van der Waals surface area contributed by atoms with E-state index in [1.165, 1.54) is 19.4 Å². The predicted octanol–water partition coefficient (Wildman–Crippen LogP) is 0.254. The molecule has 1 fully saturated rings. The van der Waals surface area contributed by atoms with Crippen LogP contribution in [0.1, 0.15) is 33.1 Å². The maximum atomic E-state index is 11.4. The van der Waals surface area contributed by atoms with Crippen molar-refractivity contribution in [3.05, 3.63) is 0 Å². The minimum absolute atomic E-state index is 0.219. The van der Waals surface area contributed by atoms with Crippen LogP contribution in [0.5, 0.6) is 0 Å². The molecule has 2 atom stereocenters. The fourth-order valence-corrected chi connectivity index (χ4v) is 2.72. The molecule has 0 bridgehead atoms. The molecule has 3 N–H and O–H groups in total. The number of amides is 1. The van der Waals surface area contributed by atoms with E-state index in [1.807, 2.05) is 13.8 Å². The van der Waals surface area contributed by atoms with Crippen LogP contribution >= 0.6 is 0 Å². The van der Waals surface area contributed by atoms with E-state index in [-0.39, 0.29) is 18.0 Å². The van der Waals surface area contributed by atoms with Crippen molar-refractivity contribution in [3.63, 3.8) is 0 Å². The molecule has 1 saturated heterocycles. The molecule has 1 rings (SSSR count). The number of hydrogen-bond acceptors (Lipinski definition) is 4. The van der Waals surface area contributed by atoms with Crippen molar-refractivity contribution < 1.29 is 4.79 Å². The highest BCUT2D eigenvalue weighted by Crippen LogP contribution is 2.15. The summed E-state index contributed by atoms with van der Waals surface area (Å²) in [5.41, 5.74) is 5.43. The van der Waals surface area contributed by atoms with Gasteiger partial charge >= 0.3 is 0 Å². The third kappa shape index (κ3) is 5.89. The van der Waals surface area contributed by atoms with Crippen LogP contribution < -0.4 is 11.1 Å². The number of nitrogens with one attached hydrogen (secondary N) is 1. The molecule has 0 aromatic carbocycles. The van der Waals surface area contributed by atoms with Gasteiger partial charge in [0, 0.05) is 18.6 Å². The fraction of sp³-hybridized carbons (Fsp3) is 0.929. The Bertz CT molecular complexity index is 283. The lowest BCUT2D eigenvalue weighted by Crippen LogP contribution is -2.46. The number of carbonyl (C=O) groups excluding carboxylic acids is 1. The molecule has 1 heterocycles. The van der Waals surface area contributed by atoms with E-state index >= 15 is 0 Å². The smallest absolute Gasteiger partial charge is 0.234 e. The molecule has 112 valence electrons. The largest absolute Gasteiger partial charge is 0.368 e. The van der Waals surface area contributed by atoms with E-state index in [0.29, 0.717) is 6.04 Å². The van der Waals surface area contributed by atoms with Gasteiger partial charge in [0.1, 0.15) is 0 Å². The van der Waals surface area contributed by atoms with Gasteiger partial charge in [-0.1, -0.05) is 13.8 Å². The zero-order valence-corrected chi connectivity index (χ0v) is 12.9. The summed E-state index contributed by atoms with van der Waals surface area (Å²) in [4.78, 5) is 16.1. The highest BCUT2D eigenvalue weighted by molar-refractivity contribution is 5.79. The average molecular weight is 270 g/mol. The van der Waals surface area contributed by atoms with Gasteiger partial charge in [0.05, 0.1) is 6.04 Å². The van der Waals surface area contributed by atoms with E-state index in [9.17, 15) is 4.79 Å². The average Bonchev–Trinajstić information content (AvgIpc) is 2.69. The Kier molecular flexibility index (Phi) is 6.75. The summed E-state index contributed by atoms with van der Waals surface area (Å²) in [5.74, 6) is -0.250. The van der Waals surface area contributed by atoms with E-state index in [1.54, 1.807) is 0 Å². The van der Waals surface area contributed by atoms with E-state index in [2.05, 4.69) is 29.2 Å². The molecule has 0 aromatic heterocycles. The van der Waals surface area contributed by atoms with Gasteiger partial charge in [0.15, 0.2) is 0 Å². The molecule has 1 aliphatic rings. The van der Waals surface area contributed by atoms with Gasteiger partial charge in [-0.3, -0.25) is 4.79 Å². The second-order valence-corrected chi connectivity index (χ2v) is 6.10. The molecule has 0 aromatic rings. The zero-order chi connectivity index (χ0) is 14.4. The molecule has 1 amide bonds. The summed E-state index contributed by atoms with van der Waals surface area (Å²) < 4.78 is 0. The first-order valence-corrected chi connectivity index (χ1v) is 7.34. The van der Waals surface area contributed by atoms with Crippen LogP contribution in [0.15, 0.2) is 0 Å². The van der Waals surface area contributed by atoms with Crippen molar-refractivity contribution in [2.24, 2.45) is 5.73 Å². The minimum atomic E-state index is -0.250. The van der Waals surface area contributed by atoms with Gasteiger partial charge < -0.3 is 20.9 Å². The number of likely N-dealkylation sites (tertiary alicyclic amines) is 1. The topological polar surface area (TPSA) is 61.6 Å². The standard InChI is InChI=1S/C14H30N4O/c1-11(2)16-13(14(15)19)7-9-17(3)10-12-6-5-8-18(12)4/h11-13,16H,5-10H2,1-4H3,(H2,15,19). The third-order valence-corrected chi connectivity index (χ3v) is 3.87. The first-order valence-electron chi connectivity index (χ1n) is 7.34. The van der Waals surface area contributed by atoms with Crippen LogP contribution in [0.2, 0.25) is 0 Å². The van der Waals surface area contributed by atoms with Gasteiger partial charge in [-0.25, -0.2) is 0 Å². The van der Waals surface area contributed by atoms with Crippen LogP contribution in [-0.2, 0) is 4.79 Å². The summed E-state index contributed by atoms with van der Waals surface area (Å²) in [6.07, 6.45) is 3.36. The number of rotatable bonds is 8. The Morgan fingerprint density at radius 2 is 2.21 bits per heavy atom. The van der Waals surface area contributed by atoms with Crippen LogP contribution in [0, 0.1) is 0 Å². The second-order valence-electron chi connectivity index (χ2n) is 6.10. The molecule has 1 aliphatic heterocycles. The lowest BCUT2D eigenvalue weighted by molar-refractivity contribution is -0.120. The highest BCUT2D eigenvalue weighted by Gasteiger charge is 2.23. The van der Waals surface area contributed by atoms with Crippen LogP contribution in [0.3, 0.4) is 0 Å². The fourth-order valence-electron chi connectivity index (χ4n) is 2.72. The monoisotopic (exact) mass is 270 g/mol. The third-order valence-electron chi connectivity index (χ3n) is 3.87. The van der Waals surface area contributed by atoms with Crippen molar-refractivity contribution in [3.8, 4) is 0 Å². The maximum Gasteiger partial charge on any atom is 0.234 e. The first-order chi connectivity index (χ1) is 8.90. The highest BCUT2D eigenvalue weighted by atomic mass is 16.1. The number of carbonyl (C=O) groups is 1. The summed E-state index contributed by atoms with van der Waals surface area (Å²) in [7, 11) is 4.32. The molecule has 0 saturated carbocycles. The Balaban J connectivity index is 2.30. The summed E-state index contributed by atoms with van der Waals surface area (Å²) in [6.45, 7) is 7.25. The number of likely N-dealkylation sites (N-methyl/N-ethyl adjacent to an activating group) is 2. The van der Waals surface area contributed by atoms with Gasteiger partial charge in [0.25, 0.3) is 0 Å². The van der Waals surface area contributed by atoms with Crippen molar-refractivity contribution in [1.29, 1.82) is 0 Å². The van der Waals surface area contributed by atoms with Gasteiger partial charge in [-0.05, 0) is 46.4 Å². The molecule has 0 aliphatic carbocycles. The number of primary amides is 1. The van der Waals surface area contributed by atoms with Crippen molar-refractivity contribution in [2.75, 3.05) is 33.7 Å². The van der Waals surface area contributed by atoms with Crippen LogP contribution in [0.25, 0.3) is 0 Å². The van der Waals surface area contributed by atoms with Gasteiger partial charge in [0.2, 0.25) is 5.91 Å². The van der Waals surface area contributed by atoms with E-state index in [4.69, 9.17) is 5.73 Å². The summed E-state index contributed by atoms with van der Waals surface area (Å²) in [6, 6.07) is 0.725. The normalized spacial score (nSPS) is 22.3.